The van der Waals surface area contributed by atoms with Crippen molar-refractivity contribution in [2.24, 2.45) is 5.41 Å². The van der Waals surface area contributed by atoms with E-state index in [0.717, 1.165) is 36.0 Å². The molecular weight excluding hydrogens is 371 g/mol. The van der Waals surface area contributed by atoms with Crippen molar-refractivity contribution < 1.29 is 17.9 Å². The molecule has 1 aromatic carbocycles. The van der Waals surface area contributed by atoms with Gasteiger partial charge in [-0.1, -0.05) is 22.4 Å². The summed E-state index contributed by atoms with van der Waals surface area (Å²) in [4.78, 5) is 2.00. The fourth-order valence-electron chi connectivity index (χ4n) is 3.25. The van der Waals surface area contributed by atoms with Gasteiger partial charge in [0, 0.05) is 17.1 Å². The van der Waals surface area contributed by atoms with Crippen LogP contribution >= 0.6 is 15.9 Å². The summed E-state index contributed by atoms with van der Waals surface area (Å²) in [6, 6.07) is 7.62. The monoisotopic (exact) mass is 391 g/mol. The number of benzene rings is 1. The zero-order valence-corrected chi connectivity index (χ0v) is 14.5. The van der Waals surface area contributed by atoms with Gasteiger partial charge in [0.05, 0.1) is 5.41 Å². The maximum atomic E-state index is 13.2. The van der Waals surface area contributed by atoms with Gasteiger partial charge in [-0.2, -0.15) is 13.2 Å². The summed E-state index contributed by atoms with van der Waals surface area (Å²) in [6.45, 7) is 1.33. The number of likely N-dealkylation sites (tertiary alicyclic amines) is 1. The standard InChI is InChI=1S/C17H21BrF3NO/c18-13-4-6-15(7-5-13)23-11-14-3-1-2-10-22(14)12-16(8-9-16)17(19,20)21/h4-7,14H,1-3,8-12H2. The smallest absolute Gasteiger partial charge is 0.395 e. The third kappa shape index (κ3) is 4.02. The Labute approximate surface area is 143 Å². The Morgan fingerprint density at radius 2 is 1.87 bits per heavy atom. The lowest BCUT2D eigenvalue weighted by Crippen LogP contribution is -2.48. The van der Waals surface area contributed by atoms with Gasteiger partial charge in [-0.25, -0.2) is 0 Å². The number of hydrogen-bond acceptors (Lipinski definition) is 2. The lowest BCUT2D eigenvalue weighted by atomic mass is 9.98. The van der Waals surface area contributed by atoms with Gasteiger partial charge in [0.2, 0.25) is 0 Å². The normalized spacial score (nSPS) is 24.4. The molecule has 0 aromatic heterocycles. The van der Waals surface area contributed by atoms with E-state index < -0.39 is 11.6 Å². The lowest BCUT2D eigenvalue weighted by Gasteiger charge is -2.38. The summed E-state index contributed by atoms with van der Waals surface area (Å²) in [5, 5.41) is 0. The third-order valence-electron chi connectivity index (χ3n) is 4.97. The first-order valence-corrected chi connectivity index (χ1v) is 8.88. The molecule has 1 unspecified atom stereocenters. The molecule has 2 nitrogen and oxygen atoms in total. The molecule has 1 aliphatic carbocycles. The maximum absolute atomic E-state index is 13.2. The van der Waals surface area contributed by atoms with Crippen LogP contribution in [0.5, 0.6) is 5.75 Å². The van der Waals surface area contributed by atoms with Crippen molar-refractivity contribution in [1.82, 2.24) is 4.90 Å². The Morgan fingerprint density at radius 1 is 1.17 bits per heavy atom. The molecule has 3 rings (SSSR count). The molecule has 0 spiro atoms. The number of alkyl halides is 3. The zero-order valence-electron chi connectivity index (χ0n) is 12.9. The predicted octanol–water partition coefficient (Wildman–Crippen LogP) is 5.02. The summed E-state index contributed by atoms with van der Waals surface area (Å²) in [7, 11) is 0. The van der Waals surface area contributed by atoms with Crippen LogP contribution in [0.4, 0.5) is 13.2 Å². The van der Waals surface area contributed by atoms with Crippen molar-refractivity contribution in [3.8, 4) is 5.75 Å². The van der Waals surface area contributed by atoms with Gasteiger partial charge in [-0.15, -0.1) is 0 Å². The summed E-state index contributed by atoms with van der Waals surface area (Å²) in [5.74, 6) is 0.760. The quantitative estimate of drug-likeness (QED) is 0.698. The molecule has 1 atom stereocenters. The first kappa shape index (κ1) is 17.1. The third-order valence-corrected chi connectivity index (χ3v) is 5.49. The van der Waals surface area contributed by atoms with Crippen LogP contribution in [0.1, 0.15) is 32.1 Å². The van der Waals surface area contributed by atoms with E-state index >= 15 is 0 Å². The van der Waals surface area contributed by atoms with Crippen molar-refractivity contribution >= 4 is 15.9 Å². The van der Waals surface area contributed by atoms with Crippen LogP contribution in [0.15, 0.2) is 28.7 Å². The second kappa shape index (κ2) is 6.63. The fourth-order valence-corrected chi connectivity index (χ4v) is 3.52. The number of halogens is 4. The highest BCUT2D eigenvalue weighted by Crippen LogP contribution is 2.58. The molecule has 0 bridgehead atoms. The van der Waals surface area contributed by atoms with E-state index in [1.807, 2.05) is 29.2 Å². The SMILES string of the molecule is FC(F)(F)C1(CN2CCCCC2COc2ccc(Br)cc2)CC1. The molecule has 0 N–H and O–H groups in total. The van der Waals surface area contributed by atoms with Crippen LogP contribution in [0.3, 0.4) is 0 Å². The minimum absolute atomic E-state index is 0.0761. The highest BCUT2D eigenvalue weighted by atomic mass is 79.9. The molecule has 1 saturated heterocycles. The maximum Gasteiger partial charge on any atom is 0.395 e. The molecule has 2 aliphatic rings. The van der Waals surface area contributed by atoms with Gasteiger partial charge in [0.1, 0.15) is 12.4 Å². The van der Waals surface area contributed by atoms with Gasteiger partial charge in [0.15, 0.2) is 0 Å². The zero-order chi connectivity index (χ0) is 16.5. The Balaban J connectivity index is 1.59. The average molecular weight is 392 g/mol. The molecule has 0 amide bonds. The number of hydrogen-bond donors (Lipinski definition) is 0. The molecule has 128 valence electrons. The fraction of sp³-hybridized carbons (Fsp3) is 0.647. The van der Waals surface area contributed by atoms with Gasteiger partial charge in [0.25, 0.3) is 0 Å². The summed E-state index contributed by atoms with van der Waals surface area (Å²) in [5.41, 5.74) is -1.46. The molecule has 2 fully saturated rings. The summed E-state index contributed by atoms with van der Waals surface area (Å²) >= 11 is 3.37. The van der Waals surface area contributed by atoms with Crippen molar-refractivity contribution in [2.75, 3.05) is 19.7 Å². The largest absolute Gasteiger partial charge is 0.492 e. The molecule has 1 aromatic rings. The van der Waals surface area contributed by atoms with Crippen LogP contribution < -0.4 is 4.74 Å². The van der Waals surface area contributed by atoms with Crippen molar-refractivity contribution in [2.45, 2.75) is 44.3 Å². The summed E-state index contributed by atoms with van der Waals surface area (Å²) in [6.07, 6.45) is -0.598. The topological polar surface area (TPSA) is 12.5 Å². The van der Waals surface area contributed by atoms with Crippen molar-refractivity contribution in [3.05, 3.63) is 28.7 Å². The van der Waals surface area contributed by atoms with Crippen LogP contribution in [0, 0.1) is 5.41 Å². The number of nitrogens with zero attached hydrogens (tertiary/aromatic N) is 1. The van der Waals surface area contributed by atoms with E-state index in [1.54, 1.807) is 0 Å². The first-order chi connectivity index (χ1) is 10.9. The van der Waals surface area contributed by atoms with Crippen molar-refractivity contribution in [3.63, 3.8) is 0 Å². The van der Waals surface area contributed by atoms with E-state index in [9.17, 15) is 13.2 Å². The minimum atomic E-state index is -4.08. The molecule has 6 heteroatoms. The average Bonchev–Trinajstić information content (AvgIpc) is 3.29. The van der Waals surface area contributed by atoms with Crippen LogP contribution in [-0.4, -0.2) is 36.8 Å². The highest BCUT2D eigenvalue weighted by Gasteiger charge is 2.63. The number of piperidine rings is 1. The second-order valence-corrected chi connectivity index (χ2v) is 7.58. The van der Waals surface area contributed by atoms with Gasteiger partial charge >= 0.3 is 6.18 Å². The van der Waals surface area contributed by atoms with Gasteiger partial charge in [-0.05, 0) is 56.5 Å². The van der Waals surface area contributed by atoms with E-state index in [4.69, 9.17) is 4.74 Å². The Morgan fingerprint density at radius 3 is 2.48 bits per heavy atom. The van der Waals surface area contributed by atoms with Crippen LogP contribution in [0.25, 0.3) is 0 Å². The van der Waals surface area contributed by atoms with Crippen LogP contribution in [-0.2, 0) is 0 Å². The molecule has 1 saturated carbocycles. The van der Waals surface area contributed by atoms with E-state index in [0.29, 0.717) is 6.61 Å². The lowest BCUT2D eigenvalue weighted by molar-refractivity contribution is -0.194. The summed E-state index contributed by atoms with van der Waals surface area (Å²) < 4.78 is 46.4. The molecule has 0 radical (unpaired) electrons. The Bertz CT molecular complexity index is 528. The van der Waals surface area contributed by atoms with Crippen molar-refractivity contribution in [1.29, 1.82) is 0 Å². The van der Waals surface area contributed by atoms with Gasteiger partial charge < -0.3 is 4.74 Å². The highest BCUT2D eigenvalue weighted by molar-refractivity contribution is 9.10. The van der Waals surface area contributed by atoms with Gasteiger partial charge in [-0.3, -0.25) is 4.90 Å². The van der Waals surface area contributed by atoms with Crippen LogP contribution in [0.2, 0.25) is 0 Å². The molecule has 1 heterocycles. The number of ether oxygens (including phenoxy) is 1. The number of rotatable bonds is 5. The van der Waals surface area contributed by atoms with E-state index in [1.165, 1.54) is 0 Å². The Hall–Kier alpha value is -0.750. The minimum Gasteiger partial charge on any atom is -0.492 e. The predicted molar refractivity (Wildman–Crippen MR) is 86.6 cm³/mol. The van der Waals surface area contributed by atoms with E-state index in [-0.39, 0.29) is 25.4 Å². The molecule has 1 aliphatic heterocycles. The second-order valence-electron chi connectivity index (χ2n) is 6.66. The molecule has 23 heavy (non-hydrogen) atoms. The van der Waals surface area contributed by atoms with E-state index in [2.05, 4.69) is 15.9 Å². The molecular formula is C17H21BrF3NO. The first-order valence-electron chi connectivity index (χ1n) is 8.09. The Kier molecular flexibility index (Phi) is 4.93.